The summed E-state index contributed by atoms with van der Waals surface area (Å²) in [6.45, 7) is 2.93. The highest BCUT2D eigenvalue weighted by Gasteiger charge is 2.29. The molecule has 12 heavy (non-hydrogen) atoms. The molecule has 1 unspecified atom stereocenters. The molecule has 1 rings (SSSR count). The van der Waals surface area contributed by atoms with E-state index in [-0.39, 0.29) is 6.04 Å². The molecule has 0 aromatic rings. The molecule has 0 amide bonds. The summed E-state index contributed by atoms with van der Waals surface area (Å²) >= 11 is 0. The Balaban J connectivity index is 2.34. The maximum absolute atomic E-state index is 11.0. The summed E-state index contributed by atoms with van der Waals surface area (Å²) in [4.78, 5) is 11.0. The van der Waals surface area contributed by atoms with E-state index >= 15 is 0 Å². The zero-order chi connectivity index (χ0) is 8.97. The van der Waals surface area contributed by atoms with Crippen molar-refractivity contribution in [3.63, 3.8) is 0 Å². The lowest BCUT2D eigenvalue weighted by molar-refractivity contribution is -0.154. The summed E-state index contributed by atoms with van der Waals surface area (Å²) < 4.78 is 4.69. The van der Waals surface area contributed by atoms with Gasteiger partial charge in [0.25, 0.3) is 0 Å². The van der Waals surface area contributed by atoms with Crippen molar-refractivity contribution in [3.8, 4) is 0 Å². The second-order valence-corrected chi connectivity index (χ2v) is 2.90. The predicted molar refractivity (Wildman–Crippen MR) is 43.7 cm³/mol. The Kier molecular flexibility index (Phi) is 3.49. The number of carbonyl (C=O) groups excluding carboxylic acids is 1. The van der Waals surface area contributed by atoms with E-state index in [1.54, 1.807) is 6.92 Å². The third-order valence-electron chi connectivity index (χ3n) is 2.01. The quantitative estimate of drug-likeness (QED) is 0.573. The summed E-state index contributed by atoms with van der Waals surface area (Å²) in [6.07, 6.45) is 0.869. The van der Waals surface area contributed by atoms with Crippen molar-refractivity contribution >= 4 is 5.97 Å². The lowest BCUT2D eigenvalue weighted by Gasteiger charge is -2.15. The van der Waals surface area contributed by atoms with Crippen molar-refractivity contribution < 1.29 is 14.6 Å². The molecule has 2 N–H and O–H groups in total. The minimum atomic E-state index is -0.993. The third-order valence-corrected chi connectivity index (χ3v) is 2.01. The van der Waals surface area contributed by atoms with E-state index in [1.807, 2.05) is 0 Å². The van der Waals surface area contributed by atoms with Gasteiger partial charge in [0.1, 0.15) is 0 Å². The van der Waals surface area contributed by atoms with Crippen LogP contribution in [-0.4, -0.2) is 36.4 Å². The van der Waals surface area contributed by atoms with E-state index < -0.39 is 12.1 Å². The summed E-state index contributed by atoms with van der Waals surface area (Å²) in [5.41, 5.74) is 0. The molecule has 1 aliphatic rings. The molecular formula is C8H15NO3. The molecule has 0 radical (unpaired) electrons. The first kappa shape index (κ1) is 9.48. The molecule has 1 fully saturated rings. The first-order chi connectivity index (χ1) is 5.75. The lowest BCUT2D eigenvalue weighted by Crippen LogP contribution is -2.41. The molecule has 4 nitrogen and oxygen atoms in total. The molecule has 2 atom stereocenters. The molecule has 1 heterocycles. The average molecular weight is 173 g/mol. The van der Waals surface area contributed by atoms with Crippen LogP contribution in [0.2, 0.25) is 0 Å². The van der Waals surface area contributed by atoms with E-state index in [0.29, 0.717) is 6.61 Å². The number of aliphatic hydroxyl groups is 1. The first-order valence-corrected chi connectivity index (χ1v) is 4.33. The lowest BCUT2D eigenvalue weighted by atomic mass is 10.1. The fraction of sp³-hybridized carbons (Fsp3) is 0.875. The monoisotopic (exact) mass is 173 g/mol. The van der Waals surface area contributed by atoms with Gasteiger partial charge in [0.05, 0.1) is 6.61 Å². The number of aliphatic hydroxyl groups excluding tert-OH is 1. The van der Waals surface area contributed by atoms with E-state index in [2.05, 4.69) is 10.1 Å². The summed E-state index contributed by atoms with van der Waals surface area (Å²) in [7, 11) is 0. The van der Waals surface area contributed by atoms with E-state index in [1.165, 1.54) is 0 Å². The fourth-order valence-corrected chi connectivity index (χ4v) is 1.37. The smallest absolute Gasteiger partial charge is 0.336 e. The molecule has 0 aliphatic carbocycles. The maximum atomic E-state index is 11.0. The first-order valence-electron chi connectivity index (χ1n) is 4.33. The zero-order valence-electron chi connectivity index (χ0n) is 7.25. The largest absolute Gasteiger partial charge is 0.464 e. The Bertz CT molecular complexity index is 154. The van der Waals surface area contributed by atoms with Gasteiger partial charge in [-0.1, -0.05) is 0 Å². The van der Waals surface area contributed by atoms with Crippen LogP contribution in [0.1, 0.15) is 19.8 Å². The van der Waals surface area contributed by atoms with Crippen LogP contribution in [0.15, 0.2) is 0 Å². The molecule has 0 bridgehead atoms. The molecule has 1 aliphatic heterocycles. The van der Waals surface area contributed by atoms with Crippen LogP contribution in [0.5, 0.6) is 0 Å². The minimum absolute atomic E-state index is 0.107. The third kappa shape index (κ3) is 2.19. The van der Waals surface area contributed by atoms with Gasteiger partial charge in [0.2, 0.25) is 0 Å². The van der Waals surface area contributed by atoms with Gasteiger partial charge in [0.15, 0.2) is 6.10 Å². The van der Waals surface area contributed by atoms with Gasteiger partial charge in [-0.2, -0.15) is 0 Å². The highest BCUT2D eigenvalue weighted by Crippen LogP contribution is 2.10. The number of hydrogen-bond donors (Lipinski definition) is 2. The van der Waals surface area contributed by atoms with E-state index in [9.17, 15) is 9.90 Å². The normalized spacial score (nSPS) is 25.3. The fourth-order valence-electron chi connectivity index (χ4n) is 1.37. The number of carbonyl (C=O) groups is 1. The van der Waals surface area contributed by atoms with Gasteiger partial charge in [-0.25, -0.2) is 4.79 Å². The molecule has 1 saturated heterocycles. The van der Waals surface area contributed by atoms with Crippen molar-refractivity contribution in [1.29, 1.82) is 0 Å². The molecular weight excluding hydrogens is 158 g/mol. The van der Waals surface area contributed by atoms with Gasteiger partial charge in [-0.3, -0.25) is 0 Å². The molecule has 0 aromatic carbocycles. The van der Waals surface area contributed by atoms with Crippen LogP contribution >= 0.6 is 0 Å². The van der Waals surface area contributed by atoms with Crippen LogP contribution in [0, 0.1) is 0 Å². The molecule has 0 spiro atoms. The topological polar surface area (TPSA) is 58.6 Å². The number of rotatable bonds is 3. The Labute approximate surface area is 71.9 Å². The number of esters is 1. The Morgan fingerprint density at radius 3 is 3.08 bits per heavy atom. The summed E-state index contributed by atoms with van der Waals surface area (Å²) in [5, 5.41) is 12.5. The van der Waals surface area contributed by atoms with Crippen molar-refractivity contribution in [1.82, 2.24) is 5.32 Å². The molecule has 70 valence electrons. The highest BCUT2D eigenvalue weighted by atomic mass is 16.5. The minimum Gasteiger partial charge on any atom is -0.464 e. The number of hydrogen-bond acceptors (Lipinski definition) is 4. The van der Waals surface area contributed by atoms with Crippen molar-refractivity contribution in [2.24, 2.45) is 0 Å². The van der Waals surface area contributed by atoms with Gasteiger partial charge in [-0.15, -0.1) is 0 Å². The van der Waals surface area contributed by atoms with E-state index in [4.69, 9.17) is 0 Å². The van der Waals surface area contributed by atoms with Crippen LogP contribution in [0.25, 0.3) is 0 Å². The van der Waals surface area contributed by atoms with Crippen molar-refractivity contribution in [2.45, 2.75) is 31.9 Å². The van der Waals surface area contributed by atoms with Gasteiger partial charge in [-0.05, 0) is 26.3 Å². The van der Waals surface area contributed by atoms with Gasteiger partial charge in [0, 0.05) is 6.04 Å². The number of ether oxygens (including phenoxy) is 1. The standard InChI is InChI=1S/C8H15NO3/c1-2-12-8(11)7(10)6-4-3-5-9-6/h6-7,9-10H,2-5H2,1H3/t6-,7?/m0/s1. The Morgan fingerprint density at radius 2 is 2.58 bits per heavy atom. The highest BCUT2D eigenvalue weighted by molar-refractivity contribution is 5.75. The average Bonchev–Trinajstić information content (AvgIpc) is 2.55. The van der Waals surface area contributed by atoms with Crippen LogP contribution in [0.3, 0.4) is 0 Å². The molecule has 0 saturated carbocycles. The summed E-state index contributed by atoms with van der Waals surface area (Å²) in [5.74, 6) is -0.517. The number of nitrogens with one attached hydrogen (secondary N) is 1. The van der Waals surface area contributed by atoms with Gasteiger partial charge < -0.3 is 15.2 Å². The Morgan fingerprint density at radius 1 is 1.83 bits per heavy atom. The van der Waals surface area contributed by atoms with Crippen molar-refractivity contribution in [3.05, 3.63) is 0 Å². The second kappa shape index (κ2) is 4.42. The van der Waals surface area contributed by atoms with Gasteiger partial charge >= 0.3 is 5.97 Å². The SMILES string of the molecule is CCOC(=O)C(O)[C@@H]1CCCN1. The van der Waals surface area contributed by atoms with E-state index in [0.717, 1.165) is 19.4 Å². The predicted octanol–water partition coefficient (Wildman–Crippen LogP) is -0.338. The maximum Gasteiger partial charge on any atom is 0.336 e. The van der Waals surface area contributed by atoms with Crippen LogP contribution in [-0.2, 0) is 9.53 Å². The van der Waals surface area contributed by atoms with Crippen molar-refractivity contribution in [2.75, 3.05) is 13.2 Å². The molecule has 4 heteroatoms. The van der Waals surface area contributed by atoms with Crippen LogP contribution in [0.4, 0.5) is 0 Å². The second-order valence-electron chi connectivity index (χ2n) is 2.90. The summed E-state index contributed by atoms with van der Waals surface area (Å²) in [6, 6.07) is -0.107. The molecule has 0 aromatic heterocycles. The Hall–Kier alpha value is -0.610. The van der Waals surface area contributed by atoms with Crippen LogP contribution < -0.4 is 5.32 Å². The zero-order valence-corrected chi connectivity index (χ0v) is 7.25.